The SMILES string of the molecule is CC(C)(C)c1cc[nH+]c(-c2ccc3oc4ccccc4c3c2)c1. The van der Waals surface area contributed by atoms with Crippen LogP contribution in [0.25, 0.3) is 33.2 Å². The highest BCUT2D eigenvalue weighted by Crippen LogP contribution is 2.32. The lowest BCUT2D eigenvalue weighted by molar-refractivity contribution is -0.364. The molecule has 4 aromatic rings. The molecule has 23 heavy (non-hydrogen) atoms. The molecule has 2 heterocycles. The summed E-state index contributed by atoms with van der Waals surface area (Å²) in [5.74, 6) is 0. The maximum atomic E-state index is 5.91. The minimum Gasteiger partial charge on any atom is -0.456 e. The molecule has 0 saturated carbocycles. The van der Waals surface area contributed by atoms with E-state index >= 15 is 0 Å². The number of hydrogen-bond acceptors (Lipinski definition) is 1. The van der Waals surface area contributed by atoms with Gasteiger partial charge in [-0.25, -0.2) is 4.98 Å². The monoisotopic (exact) mass is 302 g/mol. The molecule has 1 N–H and O–H groups in total. The predicted octanol–water partition coefficient (Wildman–Crippen LogP) is 5.36. The first-order valence-electron chi connectivity index (χ1n) is 7.96. The van der Waals surface area contributed by atoms with Gasteiger partial charge in [0.25, 0.3) is 0 Å². The Kier molecular flexibility index (Phi) is 3.02. The highest BCUT2D eigenvalue weighted by atomic mass is 16.3. The second-order valence-electron chi connectivity index (χ2n) is 7.05. The first-order valence-corrected chi connectivity index (χ1v) is 7.96. The topological polar surface area (TPSA) is 27.3 Å². The van der Waals surface area contributed by atoms with Gasteiger partial charge in [-0.05, 0) is 35.2 Å². The molecule has 0 aliphatic heterocycles. The van der Waals surface area contributed by atoms with Crippen LogP contribution in [0.5, 0.6) is 0 Å². The molecule has 2 aromatic heterocycles. The van der Waals surface area contributed by atoms with E-state index in [1.807, 2.05) is 18.3 Å². The van der Waals surface area contributed by atoms with Crippen LogP contribution in [0.15, 0.2) is 65.2 Å². The number of pyridine rings is 1. The molecule has 0 unspecified atom stereocenters. The van der Waals surface area contributed by atoms with Crippen molar-refractivity contribution in [1.82, 2.24) is 0 Å². The summed E-state index contributed by atoms with van der Waals surface area (Å²) in [7, 11) is 0. The van der Waals surface area contributed by atoms with Gasteiger partial charge in [0.05, 0.1) is 0 Å². The number of fused-ring (bicyclic) bond motifs is 3. The van der Waals surface area contributed by atoms with Crippen molar-refractivity contribution in [3.63, 3.8) is 0 Å². The van der Waals surface area contributed by atoms with Gasteiger partial charge in [0, 0.05) is 28.5 Å². The van der Waals surface area contributed by atoms with Crippen molar-refractivity contribution in [2.45, 2.75) is 26.2 Å². The molecule has 114 valence electrons. The van der Waals surface area contributed by atoms with E-state index in [9.17, 15) is 0 Å². The number of furan rings is 1. The third kappa shape index (κ3) is 2.40. The average molecular weight is 302 g/mol. The number of rotatable bonds is 1. The second-order valence-corrected chi connectivity index (χ2v) is 7.05. The molecule has 0 aliphatic carbocycles. The third-order valence-electron chi connectivity index (χ3n) is 4.36. The summed E-state index contributed by atoms with van der Waals surface area (Å²) in [6.45, 7) is 6.71. The molecule has 0 bridgehead atoms. The summed E-state index contributed by atoms with van der Waals surface area (Å²) >= 11 is 0. The number of nitrogens with one attached hydrogen (secondary N) is 1. The maximum absolute atomic E-state index is 5.91. The van der Waals surface area contributed by atoms with Crippen LogP contribution in [-0.4, -0.2) is 0 Å². The van der Waals surface area contributed by atoms with Crippen molar-refractivity contribution < 1.29 is 9.40 Å². The van der Waals surface area contributed by atoms with Gasteiger partial charge in [0.1, 0.15) is 11.2 Å². The lowest BCUT2D eigenvalue weighted by Crippen LogP contribution is -2.15. The van der Waals surface area contributed by atoms with Crippen molar-refractivity contribution >= 4 is 21.9 Å². The summed E-state index contributed by atoms with van der Waals surface area (Å²) in [6, 6.07) is 19.0. The van der Waals surface area contributed by atoms with Crippen molar-refractivity contribution in [1.29, 1.82) is 0 Å². The number of aromatic nitrogens is 1. The molecule has 2 aromatic carbocycles. The van der Waals surface area contributed by atoms with E-state index in [0.717, 1.165) is 27.6 Å². The summed E-state index contributed by atoms with van der Waals surface area (Å²) < 4.78 is 5.91. The van der Waals surface area contributed by atoms with E-state index in [1.165, 1.54) is 11.1 Å². The van der Waals surface area contributed by atoms with Gasteiger partial charge in [-0.15, -0.1) is 0 Å². The first-order chi connectivity index (χ1) is 11.0. The normalized spacial score (nSPS) is 12.1. The summed E-state index contributed by atoms with van der Waals surface area (Å²) in [6.07, 6.45) is 2.02. The van der Waals surface area contributed by atoms with E-state index in [2.05, 4.69) is 68.2 Å². The number of aromatic amines is 1. The molecule has 0 saturated heterocycles. The van der Waals surface area contributed by atoms with Crippen LogP contribution in [-0.2, 0) is 5.41 Å². The number of hydrogen-bond donors (Lipinski definition) is 0. The Morgan fingerprint density at radius 2 is 1.61 bits per heavy atom. The molecule has 0 amide bonds. The lowest BCUT2D eigenvalue weighted by Gasteiger charge is -2.17. The summed E-state index contributed by atoms with van der Waals surface area (Å²) in [5.41, 5.74) is 5.63. The highest BCUT2D eigenvalue weighted by molar-refractivity contribution is 6.06. The molecular weight excluding hydrogens is 282 g/mol. The quantitative estimate of drug-likeness (QED) is 0.465. The zero-order valence-electron chi connectivity index (χ0n) is 13.7. The Morgan fingerprint density at radius 1 is 0.826 bits per heavy atom. The van der Waals surface area contributed by atoms with Crippen LogP contribution >= 0.6 is 0 Å². The van der Waals surface area contributed by atoms with E-state index < -0.39 is 0 Å². The fourth-order valence-electron chi connectivity index (χ4n) is 2.99. The Bertz CT molecular complexity index is 1010. The Hall–Kier alpha value is -2.61. The Morgan fingerprint density at radius 3 is 2.43 bits per heavy atom. The third-order valence-corrected chi connectivity index (χ3v) is 4.36. The molecule has 0 spiro atoms. The minimum absolute atomic E-state index is 0.135. The first kappa shape index (κ1) is 14.0. The zero-order valence-corrected chi connectivity index (χ0v) is 13.7. The molecule has 0 radical (unpaired) electrons. The van der Waals surface area contributed by atoms with Crippen molar-refractivity contribution in [3.05, 3.63) is 66.4 Å². The number of para-hydroxylation sites is 1. The van der Waals surface area contributed by atoms with Gasteiger partial charge in [-0.3, -0.25) is 0 Å². The van der Waals surface area contributed by atoms with Crippen molar-refractivity contribution in [3.8, 4) is 11.3 Å². The van der Waals surface area contributed by atoms with Gasteiger partial charge in [0.15, 0.2) is 6.20 Å². The average Bonchev–Trinajstić information content (AvgIpc) is 2.92. The molecule has 2 nitrogen and oxygen atoms in total. The fourth-order valence-corrected chi connectivity index (χ4v) is 2.99. The molecular formula is C21H20NO+. The lowest BCUT2D eigenvalue weighted by atomic mass is 9.87. The molecule has 0 aliphatic rings. The fraction of sp³-hybridized carbons (Fsp3) is 0.190. The van der Waals surface area contributed by atoms with Crippen LogP contribution in [0, 0.1) is 0 Å². The predicted molar refractivity (Wildman–Crippen MR) is 94.4 cm³/mol. The van der Waals surface area contributed by atoms with E-state index in [1.54, 1.807) is 0 Å². The Labute approximate surface area is 135 Å². The van der Waals surface area contributed by atoms with Gasteiger partial charge in [0.2, 0.25) is 5.69 Å². The largest absolute Gasteiger partial charge is 0.456 e. The highest BCUT2D eigenvalue weighted by Gasteiger charge is 2.17. The maximum Gasteiger partial charge on any atom is 0.211 e. The summed E-state index contributed by atoms with van der Waals surface area (Å²) in [5, 5.41) is 2.32. The van der Waals surface area contributed by atoms with E-state index in [0.29, 0.717) is 0 Å². The second kappa shape index (κ2) is 4.95. The minimum atomic E-state index is 0.135. The van der Waals surface area contributed by atoms with Gasteiger partial charge in [-0.2, -0.15) is 0 Å². The molecule has 2 heteroatoms. The van der Waals surface area contributed by atoms with Gasteiger partial charge >= 0.3 is 0 Å². The zero-order chi connectivity index (χ0) is 16.0. The number of H-pyrrole nitrogens is 1. The van der Waals surface area contributed by atoms with Crippen molar-refractivity contribution in [2.75, 3.05) is 0 Å². The molecule has 4 rings (SSSR count). The smallest absolute Gasteiger partial charge is 0.211 e. The van der Waals surface area contributed by atoms with Crippen LogP contribution < -0.4 is 4.98 Å². The van der Waals surface area contributed by atoms with Crippen LogP contribution in [0.3, 0.4) is 0 Å². The van der Waals surface area contributed by atoms with Crippen LogP contribution in [0.4, 0.5) is 0 Å². The van der Waals surface area contributed by atoms with Crippen molar-refractivity contribution in [2.24, 2.45) is 0 Å². The van der Waals surface area contributed by atoms with Crippen LogP contribution in [0.1, 0.15) is 26.3 Å². The molecule has 0 atom stereocenters. The number of benzene rings is 2. The standard InChI is InChI=1S/C21H19NO/c1-21(2,3)15-10-11-22-18(13-15)14-8-9-20-17(12-14)16-6-4-5-7-19(16)23-20/h4-13H,1-3H3/p+1. The van der Waals surface area contributed by atoms with E-state index in [4.69, 9.17) is 4.42 Å². The van der Waals surface area contributed by atoms with Crippen LogP contribution in [0.2, 0.25) is 0 Å². The molecule has 0 fully saturated rings. The van der Waals surface area contributed by atoms with Gasteiger partial charge in [-0.1, -0.05) is 39.0 Å². The van der Waals surface area contributed by atoms with Gasteiger partial charge < -0.3 is 4.42 Å². The Balaban J connectivity index is 1.91. The van der Waals surface area contributed by atoms with E-state index in [-0.39, 0.29) is 5.41 Å². The summed E-state index contributed by atoms with van der Waals surface area (Å²) in [4.78, 5) is 3.37.